The topological polar surface area (TPSA) is 81.2 Å². The summed E-state index contributed by atoms with van der Waals surface area (Å²) in [5.41, 5.74) is 12.1. The molecule has 0 saturated carbocycles. The van der Waals surface area contributed by atoms with E-state index < -0.39 is 0 Å². The summed E-state index contributed by atoms with van der Waals surface area (Å²) in [4.78, 5) is 11.6. The van der Waals surface area contributed by atoms with Crippen molar-refractivity contribution in [3.63, 3.8) is 0 Å². The van der Waals surface area contributed by atoms with Gasteiger partial charge >= 0.3 is 0 Å². The largest absolute Gasteiger partial charge is 0.494 e. The fourth-order valence-electron chi connectivity index (χ4n) is 4.67. The van der Waals surface area contributed by atoms with Crippen LogP contribution < -0.4 is 20.7 Å². The highest BCUT2D eigenvalue weighted by atomic mass is 35.5. The van der Waals surface area contributed by atoms with Gasteiger partial charge in [-0.3, -0.25) is 0 Å². The predicted molar refractivity (Wildman–Crippen MR) is 143 cm³/mol. The van der Waals surface area contributed by atoms with E-state index in [4.69, 9.17) is 15.5 Å². The van der Waals surface area contributed by atoms with Crippen LogP contribution in [0.1, 0.15) is 25.7 Å². The molecule has 34 heavy (non-hydrogen) atoms. The smallest absolute Gasteiger partial charge is 0.227 e. The Morgan fingerprint density at radius 2 is 1.79 bits per heavy atom. The molecule has 0 spiro atoms. The molecule has 4 aromatic rings. The molecule has 0 radical (unpaired) electrons. The fraction of sp³-hybridized carbons (Fsp3) is 0.308. The Bertz CT molecular complexity index is 1280. The number of nitrogen functional groups attached to an aromatic ring is 1. The van der Waals surface area contributed by atoms with Crippen LogP contribution in [0.15, 0.2) is 54.9 Å². The number of para-hydroxylation sites is 1. The lowest BCUT2D eigenvalue weighted by Gasteiger charge is -2.25. The molecule has 0 bridgehead atoms. The minimum Gasteiger partial charge on any atom is -0.494 e. The summed E-state index contributed by atoms with van der Waals surface area (Å²) in [7, 11) is 3.72. The van der Waals surface area contributed by atoms with Gasteiger partial charge in [0.05, 0.1) is 29.9 Å². The summed E-state index contributed by atoms with van der Waals surface area (Å²) in [6.07, 6.45) is 8.81. The predicted octanol–water partition coefficient (Wildman–Crippen LogP) is 5.77. The molecule has 2 aromatic carbocycles. The molecule has 0 unspecified atom stereocenters. The molecule has 3 N–H and O–H groups in total. The molecule has 7 nitrogen and oxygen atoms in total. The third-order valence-electron chi connectivity index (χ3n) is 6.37. The Hall–Kier alpha value is -3.45. The number of aryl methyl sites for hydroxylation is 1. The van der Waals surface area contributed by atoms with Crippen molar-refractivity contribution in [3.05, 3.63) is 54.9 Å². The lowest BCUT2D eigenvalue weighted by Crippen LogP contribution is -2.25. The van der Waals surface area contributed by atoms with Gasteiger partial charge < -0.3 is 25.3 Å². The number of halogens is 1. The Balaban J connectivity index is 0.00000274. The number of benzene rings is 2. The van der Waals surface area contributed by atoms with Crippen LogP contribution in [0.5, 0.6) is 5.75 Å². The Morgan fingerprint density at radius 1 is 1.03 bits per heavy atom. The van der Waals surface area contributed by atoms with Crippen LogP contribution in [0.4, 0.5) is 23.0 Å². The van der Waals surface area contributed by atoms with E-state index in [-0.39, 0.29) is 12.4 Å². The van der Waals surface area contributed by atoms with Crippen LogP contribution >= 0.6 is 12.4 Å². The average molecular weight is 479 g/mol. The summed E-state index contributed by atoms with van der Waals surface area (Å²) >= 11 is 0. The second kappa shape index (κ2) is 10.2. The normalized spacial score (nSPS) is 13.9. The molecule has 0 amide bonds. The number of methoxy groups -OCH3 is 1. The van der Waals surface area contributed by atoms with Crippen molar-refractivity contribution in [1.82, 2.24) is 14.5 Å². The van der Waals surface area contributed by atoms with E-state index in [9.17, 15) is 0 Å². The molecule has 2 aromatic heterocycles. The van der Waals surface area contributed by atoms with Crippen molar-refractivity contribution in [1.29, 1.82) is 0 Å². The lowest BCUT2D eigenvalue weighted by molar-refractivity contribution is 0.417. The number of ether oxygens (including phenoxy) is 1. The highest BCUT2D eigenvalue weighted by Gasteiger charge is 2.17. The van der Waals surface area contributed by atoms with Crippen LogP contribution in [-0.2, 0) is 7.05 Å². The number of aromatic nitrogens is 3. The third-order valence-corrected chi connectivity index (χ3v) is 6.37. The van der Waals surface area contributed by atoms with Crippen molar-refractivity contribution < 1.29 is 4.74 Å². The highest BCUT2D eigenvalue weighted by Crippen LogP contribution is 2.37. The molecule has 1 fully saturated rings. The van der Waals surface area contributed by atoms with Gasteiger partial charge in [-0.05, 0) is 31.0 Å². The van der Waals surface area contributed by atoms with Gasteiger partial charge in [0.25, 0.3) is 0 Å². The monoisotopic (exact) mass is 478 g/mol. The van der Waals surface area contributed by atoms with Crippen molar-refractivity contribution in [2.75, 3.05) is 36.1 Å². The number of nitrogens with two attached hydrogens (primary N) is 1. The first-order chi connectivity index (χ1) is 16.1. The van der Waals surface area contributed by atoms with Gasteiger partial charge in [-0.25, -0.2) is 9.97 Å². The minimum absolute atomic E-state index is 0. The van der Waals surface area contributed by atoms with Crippen molar-refractivity contribution in [2.45, 2.75) is 25.7 Å². The zero-order chi connectivity index (χ0) is 22.8. The van der Waals surface area contributed by atoms with Gasteiger partial charge in [-0.1, -0.05) is 31.0 Å². The van der Waals surface area contributed by atoms with Crippen molar-refractivity contribution >= 4 is 46.3 Å². The van der Waals surface area contributed by atoms with Crippen LogP contribution in [0, 0.1) is 0 Å². The second-order valence-corrected chi connectivity index (χ2v) is 8.57. The quantitative estimate of drug-likeness (QED) is 0.354. The zero-order valence-electron chi connectivity index (χ0n) is 19.6. The van der Waals surface area contributed by atoms with Gasteiger partial charge in [0, 0.05) is 55.1 Å². The van der Waals surface area contributed by atoms with Crippen molar-refractivity contribution in [3.8, 4) is 17.0 Å². The van der Waals surface area contributed by atoms with Gasteiger partial charge in [-0.15, -0.1) is 12.4 Å². The number of nitrogens with one attached hydrogen (secondary N) is 1. The summed E-state index contributed by atoms with van der Waals surface area (Å²) in [5.74, 6) is 1.23. The Kier molecular flexibility index (Phi) is 7.12. The molecule has 1 aliphatic rings. The van der Waals surface area contributed by atoms with Crippen LogP contribution in [0.3, 0.4) is 0 Å². The van der Waals surface area contributed by atoms with Gasteiger partial charge in [-0.2, -0.15) is 0 Å². The van der Waals surface area contributed by atoms with Gasteiger partial charge in [0.15, 0.2) is 0 Å². The standard InChI is InChI=1S/C26H30N6O.ClH/c1-31-17-19(18-9-5-6-10-23(18)31)21-11-12-28-26(29-21)30-22-15-20(27)24(16-25(22)33-2)32-13-7-3-4-8-14-32;/h5-6,9-12,15-17H,3-4,7-8,13-14,27H2,1-2H3,(H,28,29,30);1H. The number of fused-ring (bicyclic) bond motifs is 1. The van der Waals surface area contributed by atoms with Crippen molar-refractivity contribution in [2.24, 2.45) is 7.05 Å². The molecule has 1 saturated heterocycles. The summed E-state index contributed by atoms with van der Waals surface area (Å²) in [5, 5.41) is 4.48. The number of hydrogen-bond donors (Lipinski definition) is 2. The number of hydrogen-bond acceptors (Lipinski definition) is 6. The molecule has 0 atom stereocenters. The van der Waals surface area contributed by atoms with E-state index >= 15 is 0 Å². The maximum Gasteiger partial charge on any atom is 0.227 e. The maximum atomic E-state index is 6.49. The Labute approximate surface area is 206 Å². The molecule has 5 rings (SSSR count). The lowest BCUT2D eigenvalue weighted by atomic mass is 10.1. The van der Waals surface area contributed by atoms with E-state index in [1.807, 2.05) is 37.4 Å². The van der Waals surface area contributed by atoms with Gasteiger partial charge in [0.1, 0.15) is 5.75 Å². The summed E-state index contributed by atoms with van der Waals surface area (Å²) < 4.78 is 7.82. The van der Waals surface area contributed by atoms with Gasteiger partial charge in [0.2, 0.25) is 5.95 Å². The number of nitrogens with zero attached hydrogens (tertiary/aromatic N) is 4. The SMILES string of the molecule is COc1cc(N2CCCCCC2)c(N)cc1Nc1nccc(-c2cn(C)c3ccccc23)n1.Cl. The third kappa shape index (κ3) is 4.61. The number of rotatable bonds is 5. The molecule has 178 valence electrons. The molecule has 8 heteroatoms. The Morgan fingerprint density at radius 3 is 2.56 bits per heavy atom. The minimum atomic E-state index is 0. The van der Waals surface area contributed by atoms with E-state index in [1.165, 1.54) is 31.2 Å². The van der Waals surface area contributed by atoms with E-state index in [0.29, 0.717) is 5.95 Å². The first kappa shape index (κ1) is 23.7. The zero-order valence-corrected chi connectivity index (χ0v) is 20.4. The molecular formula is C26H31ClN6O. The fourth-order valence-corrected chi connectivity index (χ4v) is 4.67. The van der Waals surface area contributed by atoms with E-state index in [0.717, 1.165) is 52.5 Å². The molecular weight excluding hydrogens is 448 g/mol. The maximum absolute atomic E-state index is 6.49. The second-order valence-electron chi connectivity index (χ2n) is 8.57. The first-order valence-corrected chi connectivity index (χ1v) is 11.5. The average Bonchev–Trinajstić information content (AvgIpc) is 2.99. The van der Waals surface area contributed by atoms with Crippen LogP contribution in [0.25, 0.3) is 22.2 Å². The van der Waals surface area contributed by atoms with Crippen LogP contribution in [-0.4, -0.2) is 34.7 Å². The molecule has 1 aliphatic heterocycles. The first-order valence-electron chi connectivity index (χ1n) is 11.5. The molecule has 0 aliphatic carbocycles. The van der Waals surface area contributed by atoms with E-state index in [2.05, 4.69) is 38.1 Å². The van der Waals surface area contributed by atoms with E-state index in [1.54, 1.807) is 13.3 Å². The van der Waals surface area contributed by atoms with Crippen LogP contribution in [0.2, 0.25) is 0 Å². The highest BCUT2D eigenvalue weighted by molar-refractivity contribution is 5.95. The summed E-state index contributed by atoms with van der Waals surface area (Å²) in [6.45, 7) is 2.05. The molecule has 3 heterocycles. The summed E-state index contributed by atoms with van der Waals surface area (Å²) in [6, 6.07) is 14.2. The number of anilines is 4.